The zero-order valence-corrected chi connectivity index (χ0v) is 10.8. The molecule has 1 nitrogen and oxygen atoms in total. The molecular weight excluding hydrogens is 184 g/mol. The second-order valence-corrected chi connectivity index (χ2v) is 5.71. The standard InChI is InChI=1S/C14H26O/c1-5-7-8-11-9-10-12(13(11)15)14(3,4)6-2/h11-12H,5-10H2,1-4H3. The maximum Gasteiger partial charge on any atom is 0.139 e. The van der Waals surface area contributed by atoms with Crippen LogP contribution in [0.3, 0.4) is 0 Å². The average molecular weight is 210 g/mol. The molecule has 1 saturated carbocycles. The molecule has 0 saturated heterocycles. The molecule has 0 radical (unpaired) electrons. The molecule has 0 aromatic carbocycles. The predicted molar refractivity (Wildman–Crippen MR) is 64.8 cm³/mol. The van der Waals surface area contributed by atoms with Gasteiger partial charge in [-0.2, -0.15) is 0 Å². The largest absolute Gasteiger partial charge is 0.299 e. The lowest BCUT2D eigenvalue weighted by molar-refractivity contribution is -0.127. The summed E-state index contributed by atoms with van der Waals surface area (Å²) in [6, 6.07) is 0. The quantitative estimate of drug-likeness (QED) is 0.664. The van der Waals surface area contributed by atoms with Crippen molar-refractivity contribution in [1.29, 1.82) is 0 Å². The van der Waals surface area contributed by atoms with E-state index in [0.717, 1.165) is 25.7 Å². The van der Waals surface area contributed by atoms with Crippen LogP contribution in [0.5, 0.6) is 0 Å². The molecule has 0 aromatic heterocycles. The van der Waals surface area contributed by atoms with Crippen LogP contribution in [0.2, 0.25) is 0 Å². The van der Waals surface area contributed by atoms with Crippen molar-refractivity contribution < 1.29 is 4.79 Å². The number of hydrogen-bond donors (Lipinski definition) is 0. The average Bonchev–Trinajstić information content (AvgIpc) is 2.57. The van der Waals surface area contributed by atoms with E-state index in [2.05, 4.69) is 27.7 Å². The van der Waals surface area contributed by atoms with Crippen molar-refractivity contribution in [3.8, 4) is 0 Å². The normalized spacial score (nSPS) is 27.3. The Morgan fingerprint density at radius 3 is 2.47 bits per heavy atom. The van der Waals surface area contributed by atoms with Crippen LogP contribution in [-0.2, 0) is 4.79 Å². The summed E-state index contributed by atoms with van der Waals surface area (Å²) in [6.07, 6.45) is 6.96. The maximum atomic E-state index is 12.2. The first-order chi connectivity index (χ1) is 7.03. The Kier molecular flexibility index (Phi) is 4.36. The minimum atomic E-state index is 0.220. The van der Waals surface area contributed by atoms with E-state index in [-0.39, 0.29) is 5.41 Å². The molecule has 1 rings (SSSR count). The fraction of sp³-hybridized carbons (Fsp3) is 0.929. The summed E-state index contributed by atoms with van der Waals surface area (Å²) < 4.78 is 0. The van der Waals surface area contributed by atoms with Gasteiger partial charge in [-0.05, 0) is 24.7 Å². The third kappa shape index (κ3) is 2.83. The number of carbonyl (C=O) groups is 1. The van der Waals surface area contributed by atoms with Crippen LogP contribution in [0, 0.1) is 17.3 Å². The summed E-state index contributed by atoms with van der Waals surface area (Å²) in [5.74, 6) is 1.29. The molecule has 1 aliphatic carbocycles. The molecular formula is C14H26O. The van der Waals surface area contributed by atoms with Crippen molar-refractivity contribution in [3.63, 3.8) is 0 Å². The summed E-state index contributed by atoms with van der Waals surface area (Å²) >= 11 is 0. The van der Waals surface area contributed by atoms with Gasteiger partial charge < -0.3 is 0 Å². The summed E-state index contributed by atoms with van der Waals surface area (Å²) in [7, 11) is 0. The van der Waals surface area contributed by atoms with E-state index in [0.29, 0.717) is 17.6 Å². The highest BCUT2D eigenvalue weighted by Gasteiger charge is 2.41. The summed E-state index contributed by atoms with van der Waals surface area (Å²) in [6.45, 7) is 8.90. The van der Waals surface area contributed by atoms with Gasteiger partial charge in [-0.3, -0.25) is 4.79 Å². The van der Waals surface area contributed by atoms with E-state index in [1.807, 2.05) is 0 Å². The van der Waals surface area contributed by atoms with Crippen molar-refractivity contribution in [2.75, 3.05) is 0 Å². The Balaban J connectivity index is 2.56. The van der Waals surface area contributed by atoms with Crippen molar-refractivity contribution in [2.24, 2.45) is 17.3 Å². The SMILES string of the molecule is CCCCC1CCC(C(C)(C)CC)C1=O. The molecule has 1 aliphatic rings. The zero-order valence-electron chi connectivity index (χ0n) is 10.8. The van der Waals surface area contributed by atoms with Gasteiger partial charge in [-0.25, -0.2) is 0 Å². The van der Waals surface area contributed by atoms with E-state index < -0.39 is 0 Å². The molecule has 0 amide bonds. The molecule has 0 N–H and O–H groups in total. The molecule has 88 valence electrons. The molecule has 1 fully saturated rings. The number of rotatable bonds is 5. The maximum absolute atomic E-state index is 12.2. The topological polar surface area (TPSA) is 17.1 Å². The molecule has 2 unspecified atom stereocenters. The Hall–Kier alpha value is -0.330. The van der Waals surface area contributed by atoms with Crippen molar-refractivity contribution >= 4 is 5.78 Å². The molecule has 2 atom stereocenters. The van der Waals surface area contributed by atoms with Gasteiger partial charge in [0, 0.05) is 11.8 Å². The van der Waals surface area contributed by atoms with E-state index in [1.54, 1.807) is 0 Å². The number of hydrogen-bond acceptors (Lipinski definition) is 1. The number of carbonyl (C=O) groups excluding carboxylic acids is 1. The first kappa shape index (κ1) is 12.7. The molecule has 0 bridgehead atoms. The van der Waals surface area contributed by atoms with Gasteiger partial charge >= 0.3 is 0 Å². The number of unbranched alkanes of at least 4 members (excludes halogenated alkanes) is 1. The first-order valence-electron chi connectivity index (χ1n) is 6.56. The van der Waals surface area contributed by atoms with Gasteiger partial charge in [0.1, 0.15) is 5.78 Å². The lowest BCUT2D eigenvalue weighted by atomic mass is 9.74. The van der Waals surface area contributed by atoms with Crippen LogP contribution in [0.15, 0.2) is 0 Å². The van der Waals surface area contributed by atoms with Crippen molar-refractivity contribution in [3.05, 3.63) is 0 Å². The molecule has 0 aromatic rings. The summed E-state index contributed by atoms with van der Waals surface area (Å²) in [4.78, 5) is 12.2. The molecule has 0 spiro atoms. The third-order valence-corrected chi connectivity index (χ3v) is 4.31. The van der Waals surface area contributed by atoms with Crippen molar-refractivity contribution in [1.82, 2.24) is 0 Å². The fourth-order valence-electron chi connectivity index (χ4n) is 2.70. The Bertz CT molecular complexity index is 217. The van der Waals surface area contributed by atoms with E-state index >= 15 is 0 Å². The second kappa shape index (κ2) is 5.14. The summed E-state index contributed by atoms with van der Waals surface area (Å²) in [5, 5.41) is 0. The van der Waals surface area contributed by atoms with Crippen LogP contribution < -0.4 is 0 Å². The van der Waals surface area contributed by atoms with Crippen molar-refractivity contribution in [2.45, 2.75) is 66.2 Å². The highest BCUT2D eigenvalue weighted by molar-refractivity contribution is 5.86. The lowest BCUT2D eigenvalue weighted by Gasteiger charge is -2.29. The third-order valence-electron chi connectivity index (χ3n) is 4.31. The highest BCUT2D eigenvalue weighted by atomic mass is 16.1. The minimum absolute atomic E-state index is 0.220. The van der Waals surface area contributed by atoms with Crippen LogP contribution >= 0.6 is 0 Å². The van der Waals surface area contributed by atoms with Crippen LogP contribution in [0.4, 0.5) is 0 Å². The van der Waals surface area contributed by atoms with Crippen LogP contribution in [-0.4, -0.2) is 5.78 Å². The van der Waals surface area contributed by atoms with Gasteiger partial charge in [-0.15, -0.1) is 0 Å². The molecule has 15 heavy (non-hydrogen) atoms. The van der Waals surface area contributed by atoms with E-state index in [4.69, 9.17) is 0 Å². The van der Waals surface area contributed by atoms with E-state index in [9.17, 15) is 4.79 Å². The first-order valence-corrected chi connectivity index (χ1v) is 6.56. The Morgan fingerprint density at radius 2 is 1.93 bits per heavy atom. The highest BCUT2D eigenvalue weighted by Crippen LogP contribution is 2.43. The zero-order chi connectivity index (χ0) is 11.5. The van der Waals surface area contributed by atoms with Crippen LogP contribution in [0.1, 0.15) is 66.2 Å². The van der Waals surface area contributed by atoms with Gasteiger partial charge in [0.25, 0.3) is 0 Å². The second-order valence-electron chi connectivity index (χ2n) is 5.71. The smallest absolute Gasteiger partial charge is 0.139 e. The Labute approximate surface area is 94.6 Å². The predicted octanol–water partition coefficient (Wildman–Crippen LogP) is 4.21. The summed E-state index contributed by atoms with van der Waals surface area (Å²) in [5.41, 5.74) is 0.220. The van der Waals surface area contributed by atoms with Crippen LogP contribution in [0.25, 0.3) is 0 Å². The molecule has 1 heteroatoms. The van der Waals surface area contributed by atoms with E-state index in [1.165, 1.54) is 12.8 Å². The monoisotopic (exact) mass is 210 g/mol. The molecule has 0 heterocycles. The fourth-order valence-corrected chi connectivity index (χ4v) is 2.70. The number of ketones is 1. The van der Waals surface area contributed by atoms with Gasteiger partial charge in [-0.1, -0.05) is 47.0 Å². The van der Waals surface area contributed by atoms with Gasteiger partial charge in [0.05, 0.1) is 0 Å². The molecule has 0 aliphatic heterocycles. The minimum Gasteiger partial charge on any atom is -0.299 e. The van der Waals surface area contributed by atoms with Gasteiger partial charge in [0.2, 0.25) is 0 Å². The van der Waals surface area contributed by atoms with Gasteiger partial charge in [0.15, 0.2) is 0 Å². The number of Topliss-reactive ketones (excluding diaryl/α,β-unsaturated/α-hetero) is 1. The Morgan fingerprint density at radius 1 is 1.27 bits per heavy atom. The lowest BCUT2D eigenvalue weighted by Crippen LogP contribution is -2.28.